The molecule has 0 saturated carbocycles. The van der Waals surface area contributed by atoms with Crippen LogP contribution >= 0.6 is 0 Å². The molecule has 0 radical (unpaired) electrons. The summed E-state index contributed by atoms with van der Waals surface area (Å²) in [5.74, 6) is 1.74. The Morgan fingerprint density at radius 2 is 2.22 bits per heavy atom. The molecule has 0 aliphatic rings. The van der Waals surface area contributed by atoms with E-state index in [1.807, 2.05) is 18.2 Å². The fourth-order valence-corrected chi connectivity index (χ4v) is 2.00. The number of hydrogen-bond donors (Lipinski definition) is 1. The zero-order chi connectivity index (χ0) is 13.0. The summed E-state index contributed by atoms with van der Waals surface area (Å²) in [5, 5.41) is 0. The van der Waals surface area contributed by atoms with Gasteiger partial charge in [-0.2, -0.15) is 0 Å². The van der Waals surface area contributed by atoms with Crippen molar-refractivity contribution in [3.05, 3.63) is 24.0 Å². The average molecular weight is 249 g/mol. The van der Waals surface area contributed by atoms with Gasteiger partial charge in [0.1, 0.15) is 18.2 Å². The summed E-state index contributed by atoms with van der Waals surface area (Å²) in [4.78, 5) is 4.58. The van der Waals surface area contributed by atoms with E-state index in [0.717, 1.165) is 29.2 Å². The molecule has 0 aliphatic heterocycles. The summed E-state index contributed by atoms with van der Waals surface area (Å²) in [7, 11) is 1.66. The molecule has 0 bridgehead atoms. The van der Waals surface area contributed by atoms with Crippen LogP contribution in [0.5, 0.6) is 5.75 Å². The second-order valence-corrected chi connectivity index (χ2v) is 3.97. The first-order valence-corrected chi connectivity index (χ1v) is 6.11. The number of ether oxygens (including phenoxy) is 2. The molecule has 0 fully saturated rings. The molecule has 2 N–H and O–H groups in total. The Morgan fingerprint density at radius 1 is 1.39 bits per heavy atom. The molecule has 5 heteroatoms. The monoisotopic (exact) mass is 249 g/mol. The van der Waals surface area contributed by atoms with Crippen LogP contribution in [0.4, 0.5) is 0 Å². The number of benzene rings is 1. The molecule has 0 aliphatic carbocycles. The highest BCUT2D eigenvalue weighted by Crippen LogP contribution is 2.22. The first-order chi connectivity index (χ1) is 8.80. The second-order valence-electron chi connectivity index (χ2n) is 3.97. The highest BCUT2D eigenvalue weighted by Gasteiger charge is 2.10. The lowest BCUT2D eigenvalue weighted by Gasteiger charge is -2.06. The van der Waals surface area contributed by atoms with Crippen LogP contribution in [0.15, 0.2) is 18.2 Å². The molecule has 0 saturated heterocycles. The number of rotatable bonds is 6. The lowest BCUT2D eigenvalue weighted by atomic mass is 10.3. The zero-order valence-electron chi connectivity index (χ0n) is 10.8. The number of aryl methyl sites for hydroxylation is 1. The molecule has 1 aromatic heterocycles. The van der Waals surface area contributed by atoms with Gasteiger partial charge in [0.2, 0.25) is 0 Å². The van der Waals surface area contributed by atoms with Gasteiger partial charge in [0, 0.05) is 19.2 Å². The van der Waals surface area contributed by atoms with Crippen LogP contribution in [0.3, 0.4) is 0 Å². The average Bonchev–Trinajstić information content (AvgIpc) is 2.75. The van der Waals surface area contributed by atoms with Crippen molar-refractivity contribution in [2.45, 2.75) is 20.1 Å². The minimum absolute atomic E-state index is 0.488. The predicted octanol–water partition coefficient (Wildman–Crippen LogP) is 1.54. The minimum atomic E-state index is 0.488. The molecular formula is C13H19N3O2. The van der Waals surface area contributed by atoms with Crippen molar-refractivity contribution < 1.29 is 9.47 Å². The van der Waals surface area contributed by atoms with Gasteiger partial charge in [0.25, 0.3) is 0 Å². The number of aromatic nitrogens is 2. The fourth-order valence-electron chi connectivity index (χ4n) is 2.00. The van der Waals surface area contributed by atoms with Crippen LogP contribution in [0, 0.1) is 0 Å². The molecule has 1 heterocycles. The van der Waals surface area contributed by atoms with E-state index in [4.69, 9.17) is 15.2 Å². The van der Waals surface area contributed by atoms with Gasteiger partial charge in [0.15, 0.2) is 0 Å². The topological polar surface area (TPSA) is 62.3 Å². The second kappa shape index (κ2) is 5.84. The molecule has 2 rings (SSSR count). The van der Waals surface area contributed by atoms with Gasteiger partial charge < -0.3 is 19.8 Å². The van der Waals surface area contributed by atoms with E-state index in [1.54, 1.807) is 7.11 Å². The summed E-state index contributed by atoms with van der Waals surface area (Å²) in [6.07, 6.45) is 0. The van der Waals surface area contributed by atoms with Gasteiger partial charge >= 0.3 is 0 Å². The number of nitrogens with two attached hydrogens (primary N) is 1. The van der Waals surface area contributed by atoms with E-state index in [1.165, 1.54) is 0 Å². The number of imidazole rings is 1. The van der Waals surface area contributed by atoms with Crippen LogP contribution in [0.25, 0.3) is 11.0 Å². The van der Waals surface area contributed by atoms with Crippen LogP contribution in [-0.2, 0) is 17.9 Å². The number of hydrogen-bond acceptors (Lipinski definition) is 4. The van der Waals surface area contributed by atoms with Gasteiger partial charge in [-0.05, 0) is 19.1 Å². The SMILES string of the molecule is CCn1c(COCCN)nc2cc(OC)ccc21. The van der Waals surface area contributed by atoms with Crippen molar-refractivity contribution in [3.8, 4) is 5.75 Å². The van der Waals surface area contributed by atoms with Crippen LogP contribution < -0.4 is 10.5 Å². The third kappa shape index (κ3) is 2.47. The van der Waals surface area contributed by atoms with E-state index in [0.29, 0.717) is 19.8 Å². The highest BCUT2D eigenvalue weighted by atomic mass is 16.5. The molecule has 2 aromatic rings. The van der Waals surface area contributed by atoms with Crippen molar-refractivity contribution in [2.24, 2.45) is 5.73 Å². The van der Waals surface area contributed by atoms with Crippen molar-refractivity contribution >= 4 is 11.0 Å². The third-order valence-corrected chi connectivity index (χ3v) is 2.84. The molecule has 0 atom stereocenters. The van der Waals surface area contributed by atoms with Crippen molar-refractivity contribution in [1.29, 1.82) is 0 Å². The highest BCUT2D eigenvalue weighted by molar-refractivity contribution is 5.77. The van der Waals surface area contributed by atoms with Crippen LogP contribution in [0.2, 0.25) is 0 Å². The van der Waals surface area contributed by atoms with E-state index in [9.17, 15) is 0 Å². The van der Waals surface area contributed by atoms with Gasteiger partial charge in [-0.25, -0.2) is 4.98 Å². The molecule has 0 unspecified atom stereocenters. The van der Waals surface area contributed by atoms with E-state index in [-0.39, 0.29) is 0 Å². The summed E-state index contributed by atoms with van der Waals surface area (Å²) in [6.45, 7) is 4.53. The van der Waals surface area contributed by atoms with Crippen LogP contribution in [-0.4, -0.2) is 29.8 Å². The Balaban J connectivity index is 2.34. The smallest absolute Gasteiger partial charge is 0.135 e. The quantitative estimate of drug-likeness (QED) is 0.789. The molecule has 0 amide bonds. The Kier molecular flexibility index (Phi) is 4.17. The molecule has 1 aromatic carbocycles. The largest absolute Gasteiger partial charge is 0.497 e. The summed E-state index contributed by atoms with van der Waals surface area (Å²) >= 11 is 0. The Bertz CT molecular complexity index is 522. The lowest BCUT2D eigenvalue weighted by molar-refractivity contribution is 0.120. The Morgan fingerprint density at radius 3 is 2.89 bits per heavy atom. The first kappa shape index (κ1) is 12.9. The van der Waals surface area contributed by atoms with Gasteiger partial charge in [-0.15, -0.1) is 0 Å². The summed E-state index contributed by atoms with van der Waals surface area (Å²) in [5.41, 5.74) is 7.44. The van der Waals surface area contributed by atoms with E-state index in [2.05, 4.69) is 16.5 Å². The van der Waals surface area contributed by atoms with Gasteiger partial charge in [-0.1, -0.05) is 0 Å². The van der Waals surface area contributed by atoms with Crippen molar-refractivity contribution in [1.82, 2.24) is 9.55 Å². The Labute approximate surface area is 107 Å². The Hall–Kier alpha value is -1.59. The maximum atomic E-state index is 5.46. The molecule has 18 heavy (non-hydrogen) atoms. The van der Waals surface area contributed by atoms with Crippen molar-refractivity contribution in [2.75, 3.05) is 20.3 Å². The molecule has 5 nitrogen and oxygen atoms in total. The van der Waals surface area contributed by atoms with E-state index >= 15 is 0 Å². The van der Waals surface area contributed by atoms with E-state index < -0.39 is 0 Å². The standard InChI is InChI=1S/C13H19N3O2/c1-3-16-12-5-4-10(17-2)8-11(12)15-13(16)9-18-7-6-14/h4-5,8H,3,6-7,9,14H2,1-2H3. The maximum Gasteiger partial charge on any atom is 0.135 e. The minimum Gasteiger partial charge on any atom is -0.497 e. The normalized spacial score (nSPS) is 11.1. The molecule has 0 spiro atoms. The summed E-state index contributed by atoms with van der Waals surface area (Å²) in [6, 6.07) is 5.91. The number of methoxy groups -OCH3 is 1. The molecule has 98 valence electrons. The van der Waals surface area contributed by atoms with Crippen molar-refractivity contribution in [3.63, 3.8) is 0 Å². The fraction of sp³-hybridized carbons (Fsp3) is 0.462. The number of fused-ring (bicyclic) bond motifs is 1. The first-order valence-electron chi connectivity index (χ1n) is 6.11. The predicted molar refractivity (Wildman–Crippen MR) is 70.7 cm³/mol. The number of nitrogens with zero attached hydrogens (tertiary/aromatic N) is 2. The van der Waals surface area contributed by atoms with Gasteiger partial charge in [0.05, 0.1) is 24.8 Å². The lowest BCUT2D eigenvalue weighted by Crippen LogP contribution is -2.10. The van der Waals surface area contributed by atoms with Gasteiger partial charge in [-0.3, -0.25) is 0 Å². The maximum absolute atomic E-state index is 5.46. The molecular weight excluding hydrogens is 230 g/mol. The third-order valence-electron chi connectivity index (χ3n) is 2.84. The zero-order valence-corrected chi connectivity index (χ0v) is 10.8. The van der Waals surface area contributed by atoms with Crippen LogP contribution in [0.1, 0.15) is 12.7 Å². The summed E-state index contributed by atoms with van der Waals surface area (Å²) < 4.78 is 12.8.